The number of carbonyl (C=O) groups excluding carboxylic acids is 4. The summed E-state index contributed by atoms with van der Waals surface area (Å²) in [5.74, 6) is -0.704. The van der Waals surface area contributed by atoms with Crippen molar-refractivity contribution in [1.29, 1.82) is 0 Å². The number of carbonyl (C=O) groups is 4. The lowest BCUT2D eigenvalue weighted by Gasteiger charge is -2.36. The molecule has 1 heterocycles. The van der Waals surface area contributed by atoms with Gasteiger partial charge in [0.05, 0.1) is 0 Å². The van der Waals surface area contributed by atoms with Crippen LogP contribution in [-0.2, 0) is 41.8 Å². The van der Waals surface area contributed by atoms with Crippen molar-refractivity contribution in [2.75, 3.05) is 13.1 Å². The number of nitrogens with one attached hydrogen (secondary N) is 3. The van der Waals surface area contributed by atoms with Crippen molar-refractivity contribution >= 4 is 36.5 Å². The topological polar surface area (TPSA) is 141 Å². The molecule has 0 unspecified atom stereocenters. The molecular formula is C41H58ClN3O8. The molecule has 0 spiro atoms. The number of rotatable bonds is 10. The van der Waals surface area contributed by atoms with Crippen LogP contribution in [0.25, 0.3) is 0 Å². The fourth-order valence-corrected chi connectivity index (χ4v) is 7.64. The number of amides is 2. The first-order valence-corrected chi connectivity index (χ1v) is 19.5. The average Bonchev–Trinajstić information content (AvgIpc) is 3.18. The molecule has 3 aliphatic carbocycles. The van der Waals surface area contributed by atoms with Crippen LogP contribution in [0.15, 0.2) is 60.7 Å². The molecule has 0 atom stereocenters. The van der Waals surface area contributed by atoms with Gasteiger partial charge in [0.25, 0.3) is 0 Å². The number of benzene rings is 2. The van der Waals surface area contributed by atoms with Crippen molar-refractivity contribution in [2.24, 2.45) is 0 Å². The van der Waals surface area contributed by atoms with E-state index >= 15 is 0 Å². The van der Waals surface area contributed by atoms with E-state index < -0.39 is 23.3 Å². The molecule has 0 bridgehead atoms. The van der Waals surface area contributed by atoms with Crippen molar-refractivity contribution in [2.45, 2.75) is 146 Å². The normalized spacial score (nSPS) is 19.8. The second kappa shape index (κ2) is 21.8. The first-order chi connectivity index (χ1) is 25.4. The van der Waals surface area contributed by atoms with Crippen molar-refractivity contribution < 1.29 is 38.1 Å². The van der Waals surface area contributed by atoms with E-state index in [-0.39, 0.29) is 49.8 Å². The summed E-state index contributed by atoms with van der Waals surface area (Å²) in [6.07, 6.45) is 13.9. The Balaban J connectivity index is 0.000000232. The molecule has 2 amide bonds. The van der Waals surface area contributed by atoms with Gasteiger partial charge in [-0.05, 0) is 88.4 Å². The molecule has 292 valence electrons. The number of hydrogen-bond acceptors (Lipinski definition) is 9. The summed E-state index contributed by atoms with van der Waals surface area (Å²) in [4.78, 5) is 50.5. The van der Waals surface area contributed by atoms with Crippen molar-refractivity contribution in [1.82, 2.24) is 16.0 Å². The first kappa shape index (κ1) is 41.9. The zero-order valence-corrected chi connectivity index (χ0v) is 31.8. The van der Waals surface area contributed by atoms with Crippen molar-refractivity contribution in [3.05, 3.63) is 71.8 Å². The van der Waals surface area contributed by atoms with Gasteiger partial charge in [-0.3, -0.25) is 0 Å². The van der Waals surface area contributed by atoms with E-state index in [1.165, 1.54) is 6.42 Å². The standard InChI is InChI=1S/C21H29NO4.C20H28N2O4.ClH/c23-19(25-16-17-10-4-1-5-11-17)21(14-8-3-9-15-21)22-20(24)26-18-12-6-2-7-13-18;23-18(25-15-16-7-3-1-4-8-16)20(11-5-2-6-12-20)22-19(24)26-17-9-13-21-14-10-17;/h1,4-5,10-11,18H,2-3,6-9,12-16H2,(H,22,24);1,3-4,7-8,17,21H,2,5-6,9-15H2,(H,22,24);1H. The van der Waals surface area contributed by atoms with E-state index in [1.54, 1.807) is 0 Å². The predicted octanol–water partition coefficient (Wildman–Crippen LogP) is 7.82. The highest BCUT2D eigenvalue weighted by Gasteiger charge is 2.44. The summed E-state index contributed by atoms with van der Waals surface area (Å²) in [5, 5.41) is 8.98. The van der Waals surface area contributed by atoms with Gasteiger partial charge >= 0.3 is 24.1 Å². The Kier molecular flexibility index (Phi) is 17.2. The van der Waals surface area contributed by atoms with Gasteiger partial charge in [-0.15, -0.1) is 12.4 Å². The minimum absolute atomic E-state index is 0. The Hall–Kier alpha value is -3.83. The summed E-state index contributed by atoms with van der Waals surface area (Å²) in [7, 11) is 0. The summed E-state index contributed by atoms with van der Waals surface area (Å²) in [5.41, 5.74) is -0.0313. The Morgan fingerprint density at radius 3 is 1.34 bits per heavy atom. The summed E-state index contributed by atoms with van der Waals surface area (Å²) < 4.78 is 22.2. The molecule has 53 heavy (non-hydrogen) atoms. The number of esters is 2. The average molecular weight is 756 g/mol. The molecule has 4 aliphatic rings. The van der Waals surface area contributed by atoms with E-state index in [1.807, 2.05) is 60.7 Å². The van der Waals surface area contributed by atoms with Crippen molar-refractivity contribution in [3.63, 3.8) is 0 Å². The lowest BCUT2D eigenvalue weighted by Crippen LogP contribution is -2.57. The molecule has 3 N–H and O–H groups in total. The van der Waals surface area contributed by atoms with Crippen LogP contribution in [0.3, 0.4) is 0 Å². The SMILES string of the molecule is Cl.O=C(NC1(C(=O)OCc2ccccc2)CCCCC1)OC1CCCCC1.O=C(NC1(C(=O)OCc2ccccc2)CCCCC1)OC1CCNCC1. The minimum atomic E-state index is -0.961. The predicted molar refractivity (Wildman–Crippen MR) is 203 cm³/mol. The monoisotopic (exact) mass is 755 g/mol. The molecule has 0 aromatic heterocycles. The molecule has 2 aromatic rings. The van der Waals surface area contributed by atoms with Crippen LogP contribution < -0.4 is 16.0 Å². The molecule has 1 aliphatic heterocycles. The van der Waals surface area contributed by atoms with E-state index in [2.05, 4.69) is 16.0 Å². The second-order valence-corrected chi connectivity index (χ2v) is 14.7. The van der Waals surface area contributed by atoms with Crippen molar-refractivity contribution in [3.8, 4) is 0 Å². The zero-order chi connectivity index (χ0) is 36.5. The molecule has 2 aromatic carbocycles. The van der Waals surface area contributed by atoms with E-state index in [0.29, 0.717) is 25.7 Å². The molecule has 11 nitrogen and oxygen atoms in total. The van der Waals surface area contributed by atoms with Crippen LogP contribution in [0.4, 0.5) is 9.59 Å². The lowest BCUT2D eigenvalue weighted by molar-refractivity contribution is -0.155. The van der Waals surface area contributed by atoms with Gasteiger partial charge in [0.1, 0.15) is 36.5 Å². The molecule has 12 heteroatoms. The summed E-state index contributed by atoms with van der Waals surface area (Å²) in [6.45, 7) is 2.14. The Bertz CT molecular complexity index is 1300. The smallest absolute Gasteiger partial charge is 0.408 e. The van der Waals surface area contributed by atoms with Crippen LogP contribution in [-0.4, -0.2) is 60.5 Å². The van der Waals surface area contributed by atoms with Gasteiger partial charge in [0.15, 0.2) is 0 Å². The largest absolute Gasteiger partial charge is 0.459 e. The van der Waals surface area contributed by atoms with Gasteiger partial charge in [-0.2, -0.15) is 0 Å². The highest BCUT2D eigenvalue weighted by molar-refractivity contribution is 5.86. The highest BCUT2D eigenvalue weighted by atomic mass is 35.5. The quantitative estimate of drug-likeness (QED) is 0.164. The van der Waals surface area contributed by atoms with E-state index in [9.17, 15) is 19.2 Å². The lowest BCUT2D eigenvalue weighted by atomic mass is 9.82. The fraction of sp³-hybridized carbons (Fsp3) is 0.610. The zero-order valence-electron chi connectivity index (χ0n) is 31.0. The number of alkyl carbamates (subject to hydrolysis) is 2. The van der Waals surface area contributed by atoms with Crippen LogP contribution in [0.5, 0.6) is 0 Å². The highest BCUT2D eigenvalue weighted by Crippen LogP contribution is 2.32. The molecule has 6 rings (SSSR count). The molecular weight excluding hydrogens is 698 g/mol. The minimum Gasteiger partial charge on any atom is -0.459 e. The number of piperidine rings is 1. The van der Waals surface area contributed by atoms with Gasteiger partial charge in [-0.25, -0.2) is 19.2 Å². The Morgan fingerprint density at radius 2 is 0.925 bits per heavy atom. The first-order valence-electron chi connectivity index (χ1n) is 19.5. The van der Waals surface area contributed by atoms with E-state index in [4.69, 9.17) is 18.9 Å². The van der Waals surface area contributed by atoms with Crippen LogP contribution in [0.2, 0.25) is 0 Å². The van der Waals surface area contributed by atoms with Gasteiger partial charge in [0, 0.05) is 0 Å². The van der Waals surface area contributed by atoms with Crippen LogP contribution in [0.1, 0.15) is 120 Å². The van der Waals surface area contributed by atoms with Crippen LogP contribution in [0, 0.1) is 0 Å². The maximum absolute atomic E-state index is 12.8. The fourth-order valence-electron chi connectivity index (χ4n) is 7.64. The Labute approximate surface area is 320 Å². The van der Waals surface area contributed by atoms with Crippen LogP contribution >= 0.6 is 12.4 Å². The third-order valence-corrected chi connectivity index (χ3v) is 10.7. The maximum atomic E-state index is 12.8. The third kappa shape index (κ3) is 13.2. The maximum Gasteiger partial charge on any atom is 0.408 e. The Morgan fingerprint density at radius 1 is 0.547 bits per heavy atom. The number of halogens is 1. The summed E-state index contributed by atoms with van der Waals surface area (Å²) in [6, 6.07) is 19.2. The van der Waals surface area contributed by atoms with Gasteiger partial charge in [-0.1, -0.05) is 106 Å². The summed E-state index contributed by atoms with van der Waals surface area (Å²) >= 11 is 0. The second-order valence-electron chi connectivity index (χ2n) is 14.7. The van der Waals surface area contributed by atoms with Gasteiger partial charge < -0.3 is 34.9 Å². The molecule has 4 fully saturated rings. The third-order valence-electron chi connectivity index (χ3n) is 10.7. The van der Waals surface area contributed by atoms with Gasteiger partial charge in [0.2, 0.25) is 0 Å². The number of ether oxygens (including phenoxy) is 4. The van der Waals surface area contributed by atoms with E-state index in [0.717, 1.165) is 101 Å². The molecule has 3 saturated carbocycles. The molecule has 0 radical (unpaired) electrons. The molecule has 1 saturated heterocycles. The number of hydrogen-bond donors (Lipinski definition) is 3.